The number of likely N-dealkylation sites (tertiary alicyclic amines) is 1. The summed E-state index contributed by atoms with van der Waals surface area (Å²) in [5, 5.41) is 2.56. The Labute approximate surface area is 144 Å². The summed E-state index contributed by atoms with van der Waals surface area (Å²) in [6.07, 6.45) is 0.616. The van der Waals surface area contributed by atoms with E-state index >= 15 is 0 Å². The molecule has 8 heteroatoms. The van der Waals surface area contributed by atoms with E-state index < -0.39 is 23.3 Å². The molecule has 6 nitrogen and oxygen atoms in total. The first-order valence-corrected chi connectivity index (χ1v) is 8.15. The second-order valence-corrected chi connectivity index (χ2v) is 6.71. The van der Waals surface area contributed by atoms with Gasteiger partial charge in [-0.25, -0.2) is 13.6 Å². The van der Waals surface area contributed by atoms with Crippen molar-refractivity contribution in [2.45, 2.75) is 25.5 Å². The number of nitrogens with one attached hydrogen (secondary N) is 1. The maximum Gasteiger partial charge on any atom is 0.317 e. The molecule has 2 fully saturated rings. The van der Waals surface area contributed by atoms with Crippen molar-refractivity contribution in [2.75, 3.05) is 33.3 Å². The molecule has 3 amide bonds. The highest BCUT2D eigenvalue weighted by molar-refractivity contribution is 5.78. The highest BCUT2D eigenvalue weighted by Gasteiger charge is 2.45. The third kappa shape index (κ3) is 3.44. The molecular weight excluding hydrogens is 332 g/mol. The Hall–Kier alpha value is -2.22. The van der Waals surface area contributed by atoms with Crippen LogP contribution in [0.1, 0.15) is 17.5 Å². The van der Waals surface area contributed by atoms with E-state index in [-0.39, 0.29) is 24.6 Å². The average Bonchev–Trinajstić information content (AvgIpc) is 2.99. The molecular formula is C17H21F2N3O3. The number of halogens is 2. The van der Waals surface area contributed by atoms with E-state index in [1.54, 1.807) is 23.8 Å². The molecule has 25 heavy (non-hydrogen) atoms. The molecule has 0 saturated carbocycles. The van der Waals surface area contributed by atoms with E-state index in [4.69, 9.17) is 4.74 Å². The smallest absolute Gasteiger partial charge is 0.317 e. The summed E-state index contributed by atoms with van der Waals surface area (Å²) < 4.78 is 33.4. The number of rotatable bonds is 2. The molecule has 2 aliphatic heterocycles. The third-order valence-corrected chi connectivity index (χ3v) is 4.85. The number of likely N-dealkylation sites (N-methyl/N-ethyl adjacent to an activating group) is 1. The van der Waals surface area contributed by atoms with Gasteiger partial charge in [0.2, 0.25) is 5.91 Å². The highest BCUT2D eigenvalue weighted by Crippen LogP contribution is 2.29. The summed E-state index contributed by atoms with van der Waals surface area (Å²) >= 11 is 0. The molecule has 2 saturated heterocycles. The summed E-state index contributed by atoms with van der Waals surface area (Å²) in [5.74, 6) is -1.41. The van der Waals surface area contributed by atoms with Gasteiger partial charge in [-0.05, 0) is 25.0 Å². The molecule has 1 aromatic carbocycles. The van der Waals surface area contributed by atoms with Gasteiger partial charge in [0.15, 0.2) is 0 Å². The third-order valence-electron chi connectivity index (χ3n) is 4.85. The van der Waals surface area contributed by atoms with Crippen molar-refractivity contribution in [3.63, 3.8) is 0 Å². The van der Waals surface area contributed by atoms with Crippen LogP contribution in [0.15, 0.2) is 12.1 Å². The van der Waals surface area contributed by atoms with Gasteiger partial charge in [-0.3, -0.25) is 4.79 Å². The Morgan fingerprint density at radius 3 is 2.84 bits per heavy atom. The summed E-state index contributed by atoms with van der Waals surface area (Å²) in [6.45, 7) is 2.56. The minimum absolute atomic E-state index is 0.00563. The first kappa shape index (κ1) is 17.6. The fraction of sp³-hybridized carbons (Fsp3) is 0.529. The van der Waals surface area contributed by atoms with Crippen LogP contribution in [0.4, 0.5) is 13.6 Å². The average molecular weight is 353 g/mol. The molecule has 1 N–H and O–H groups in total. The van der Waals surface area contributed by atoms with Crippen LogP contribution in [0.2, 0.25) is 0 Å². The molecule has 1 spiro atoms. The Morgan fingerprint density at radius 2 is 2.12 bits per heavy atom. The van der Waals surface area contributed by atoms with Gasteiger partial charge in [-0.2, -0.15) is 0 Å². The lowest BCUT2D eigenvalue weighted by Crippen LogP contribution is -2.55. The Balaban J connectivity index is 1.60. The second-order valence-electron chi connectivity index (χ2n) is 6.71. The number of hydrogen-bond donors (Lipinski definition) is 1. The first-order valence-electron chi connectivity index (χ1n) is 8.15. The predicted molar refractivity (Wildman–Crippen MR) is 85.8 cm³/mol. The van der Waals surface area contributed by atoms with Crippen LogP contribution in [0.3, 0.4) is 0 Å². The predicted octanol–water partition coefficient (Wildman–Crippen LogP) is 1.42. The van der Waals surface area contributed by atoms with Crippen LogP contribution in [0, 0.1) is 18.6 Å². The lowest BCUT2D eigenvalue weighted by atomic mass is 10.0. The zero-order valence-corrected chi connectivity index (χ0v) is 14.3. The van der Waals surface area contributed by atoms with Crippen LogP contribution in [0.5, 0.6) is 0 Å². The van der Waals surface area contributed by atoms with E-state index in [0.717, 1.165) is 0 Å². The number of carbonyl (C=O) groups excluding carboxylic acids is 2. The molecule has 0 unspecified atom stereocenters. The summed E-state index contributed by atoms with van der Waals surface area (Å²) in [7, 11) is 1.71. The van der Waals surface area contributed by atoms with E-state index in [9.17, 15) is 18.4 Å². The van der Waals surface area contributed by atoms with Gasteiger partial charge < -0.3 is 19.9 Å². The number of morpholine rings is 1. The summed E-state index contributed by atoms with van der Waals surface area (Å²) in [6, 6.07) is 2.15. The van der Waals surface area contributed by atoms with Crippen LogP contribution in [-0.4, -0.2) is 60.6 Å². The molecule has 1 aromatic rings. The molecule has 3 rings (SSSR count). The lowest BCUT2D eigenvalue weighted by molar-refractivity contribution is -0.158. The molecule has 0 bridgehead atoms. The van der Waals surface area contributed by atoms with Crippen LogP contribution in [0.25, 0.3) is 0 Å². The van der Waals surface area contributed by atoms with Gasteiger partial charge in [-0.1, -0.05) is 6.07 Å². The Kier molecular flexibility index (Phi) is 4.64. The number of nitrogens with zero attached hydrogens (tertiary/aromatic N) is 2. The summed E-state index contributed by atoms with van der Waals surface area (Å²) in [4.78, 5) is 27.0. The second kappa shape index (κ2) is 6.59. The van der Waals surface area contributed by atoms with Crippen LogP contribution >= 0.6 is 0 Å². The van der Waals surface area contributed by atoms with Crippen molar-refractivity contribution in [3.8, 4) is 0 Å². The molecule has 0 radical (unpaired) electrons. The maximum absolute atomic E-state index is 14.0. The van der Waals surface area contributed by atoms with E-state index in [1.165, 1.54) is 12.1 Å². The standard InChI is InChI=1S/C17H21F2N3O3/c1-11-3-4-13(18)12(15(11)19)7-20-16(24)22-6-5-17(10-22)9-21(2)14(23)8-25-17/h3-4H,5-10H2,1-2H3,(H,20,24)/t17-/m1/s1. The van der Waals surface area contributed by atoms with E-state index in [0.29, 0.717) is 31.6 Å². The van der Waals surface area contributed by atoms with Gasteiger partial charge in [0, 0.05) is 19.2 Å². The fourth-order valence-corrected chi connectivity index (χ4v) is 3.31. The molecule has 2 aliphatic rings. The Morgan fingerprint density at radius 1 is 1.36 bits per heavy atom. The molecule has 2 heterocycles. The Bertz CT molecular complexity index is 713. The monoisotopic (exact) mass is 353 g/mol. The number of hydrogen-bond acceptors (Lipinski definition) is 3. The van der Waals surface area contributed by atoms with Crippen molar-refractivity contribution >= 4 is 11.9 Å². The number of urea groups is 1. The quantitative estimate of drug-likeness (QED) is 0.875. The molecule has 0 aliphatic carbocycles. The number of aryl methyl sites for hydroxylation is 1. The summed E-state index contributed by atoms with van der Waals surface area (Å²) in [5.41, 5.74) is -0.379. The largest absolute Gasteiger partial charge is 0.361 e. The molecule has 1 atom stereocenters. The fourth-order valence-electron chi connectivity index (χ4n) is 3.31. The normalized spacial score (nSPS) is 23.4. The number of benzene rings is 1. The highest BCUT2D eigenvalue weighted by atomic mass is 19.1. The minimum Gasteiger partial charge on any atom is -0.361 e. The van der Waals surface area contributed by atoms with Crippen molar-refractivity contribution in [2.24, 2.45) is 0 Å². The van der Waals surface area contributed by atoms with Crippen molar-refractivity contribution in [1.82, 2.24) is 15.1 Å². The van der Waals surface area contributed by atoms with Gasteiger partial charge in [-0.15, -0.1) is 0 Å². The van der Waals surface area contributed by atoms with Crippen LogP contribution in [-0.2, 0) is 16.1 Å². The number of carbonyl (C=O) groups is 2. The zero-order valence-electron chi connectivity index (χ0n) is 14.3. The molecule has 136 valence electrons. The van der Waals surface area contributed by atoms with E-state index in [2.05, 4.69) is 5.32 Å². The number of ether oxygens (including phenoxy) is 1. The van der Waals surface area contributed by atoms with Crippen LogP contribution < -0.4 is 5.32 Å². The first-order chi connectivity index (χ1) is 11.8. The molecule has 0 aromatic heterocycles. The minimum atomic E-state index is -0.683. The lowest BCUT2D eigenvalue weighted by Gasteiger charge is -2.38. The number of amides is 3. The topological polar surface area (TPSA) is 61.9 Å². The van der Waals surface area contributed by atoms with Gasteiger partial charge in [0.05, 0.1) is 19.6 Å². The maximum atomic E-state index is 14.0. The van der Waals surface area contributed by atoms with Gasteiger partial charge in [0.25, 0.3) is 0 Å². The van der Waals surface area contributed by atoms with Crippen molar-refractivity contribution < 1.29 is 23.1 Å². The zero-order chi connectivity index (χ0) is 18.2. The van der Waals surface area contributed by atoms with Crippen molar-refractivity contribution in [1.29, 1.82) is 0 Å². The van der Waals surface area contributed by atoms with Gasteiger partial charge >= 0.3 is 6.03 Å². The van der Waals surface area contributed by atoms with Gasteiger partial charge in [0.1, 0.15) is 23.8 Å². The SMILES string of the molecule is Cc1ccc(F)c(CNC(=O)N2CC[C@@]3(CN(C)C(=O)CO3)C2)c1F. The van der Waals surface area contributed by atoms with E-state index in [1.807, 2.05) is 0 Å². The van der Waals surface area contributed by atoms with Crippen molar-refractivity contribution in [3.05, 3.63) is 34.9 Å².